The van der Waals surface area contributed by atoms with Crippen LogP contribution in [0.2, 0.25) is 0 Å². The lowest BCUT2D eigenvalue weighted by atomic mass is 9.95. The lowest BCUT2D eigenvalue weighted by Gasteiger charge is -2.12. The van der Waals surface area contributed by atoms with Gasteiger partial charge in [-0.1, -0.05) is 66.7 Å². The van der Waals surface area contributed by atoms with Gasteiger partial charge in [-0.05, 0) is 47.2 Å². The number of aromatic hydroxyl groups is 1. The summed E-state index contributed by atoms with van der Waals surface area (Å²) in [4.78, 5) is 0. The maximum absolute atomic E-state index is 10.7. The van der Waals surface area contributed by atoms with Gasteiger partial charge in [0.05, 0.1) is 0 Å². The smallest absolute Gasteiger partial charge is 0.122 e. The quantitative estimate of drug-likeness (QED) is 0.703. The van der Waals surface area contributed by atoms with Crippen LogP contribution in [0.3, 0.4) is 0 Å². The Hall–Kier alpha value is -2.54. The van der Waals surface area contributed by atoms with Crippen molar-refractivity contribution in [2.45, 2.75) is 26.7 Å². The molecule has 0 amide bonds. The first-order chi connectivity index (χ1) is 11.1. The lowest BCUT2D eigenvalue weighted by Crippen LogP contribution is -1.97. The van der Waals surface area contributed by atoms with Crippen molar-refractivity contribution < 1.29 is 5.11 Å². The summed E-state index contributed by atoms with van der Waals surface area (Å²) < 4.78 is 0. The van der Waals surface area contributed by atoms with Crippen molar-refractivity contribution in [3.05, 3.63) is 100 Å². The van der Waals surface area contributed by atoms with E-state index in [1.807, 2.05) is 30.3 Å². The maximum atomic E-state index is 10.7. The highest BCUT2D eigenvalue weighted by Gasteiger charge is 2.10. The van der Waals surface area contributed by atoms with Crippen LogP contribution in [0.15, 0.2) is 66.7 Å². The molecule has 3 rings (SSSR count). The van der Waals surface area contributed by atoms with E-state index in [0.29, 0.717) is 5.75 Å². The van der Waals surface area contributed by atoms with Crippen LogP contribution >= 0.6 is 0 Å². The summed E-state index contributed by atoms with van der Waals surface area (Å²) in [6.45, 7) is 4.23. The molecule has 0 bridgehead atoms. The summed E-state index contributed by atoms with van der Waals surface area (Å²) in [6.07, 6.45) is 1.53. The number of phenolic OH excluding ortho intramolecular Hbond substituents is 1. The molecule has 0 atom stereocenters. The second kappa shape index (κ2) is 6.70. The minimum Gasteiger partial charge on any atom is -0.507 e. The van der Waals surface area contributed by atoms with Gasteiger partial charge >= 0.3 is 0 Å². The highest BCUT2D eigenvalue weighted by atomic mass is 16.3. The number of benzene rings is 3. The average Bonchev–Trinajstić information content (AvgIpc) is 2.55. The van der Waals surface area contributed by atoms with E-state index in [1.54, 1.807) is 0 Å². The van der Waals surface area contributed by atoms with Crippen LogP contribution in [0.4, 0.5) is 0 Å². The van der Waals surface area contributed by atoms with E-state index in [1.165, 1.54) is 22.3 Å². The second-order valence-corrected chi connectivity index (χ2v) is 6.13. The number of rotatable bonds is 4. The van der Waals surface area contributed by atoms with E-state index in [4.69, 9.17) is 0 Å². The van der Waals surface area contributed by atoms with Crippen molar-refractivity contribution in [2.75, 3.05) is 0 Å². The molecule has 0 aromatic heterocycles. The van der Waals surface area contributed by atoms with Crippen LogP contribution in [0, 0.1) is 13.8 Å². The van der Waals surface area contributed by atoms with Crippen molar-refractivity contribution in [1.82, 2.24) is 0 Å². The fraction of sp³-hybridized carbons (Fsp3) is 0.182. The fourth-order valence-electron chi connectivity index (χ4n) is 2.96. The molecule has 23 heavy (non-hydrogen) atoms. The van der Waals surface area contributed by atoms with Crippen LogP contribution in [0.25, 0.3) is 0 Å². The van der Waals surface area contributed by atoms with Crippen LogP contribution in [0.5, 0.6) is 5.75 Å². The zero-order valence-electron chi connectivity index (χ0n) is 13.7. The van der Waals surface area contributed by atoms with Gasteiger partial charge in [0.1, 0.15) is 5.75 Å². The first-order valence-electron chi connectivity index (χ1n) is 8.04. The number of para-hydroxylation sites is 1. The first-order valence-corrected chi connectivity index (χ1v) is 8.04. The Balaban J connectivity index is 1.90. The van der Waals surface area contributed by atoms with Crippen LogP contribution in [-0.4, -0.2) is 5.11 Å². The molecule has 0 aliphatic heterocycles. The predicted octanol–water partition coefficient (Wildman–Crippen LogP) is 5.19. The maximum Gasteiger partial charge on any atom is 0.122 e. The van der Waals surface area contributed by atoms with Gasteiger partial charge in [-0.25, -0.2) is 0 Å². The molecule has 0 aliphatic carbocycles. The Morgan fingerprint density at radius 1 is 0.565 bits per heavy atom. The van der Waals surface area contributed by atoms with Crippen LogP contribution < -0.4 is 0 Å². The van der Waals surface area contributed by atoms with E-state index >= 15 is 0 Å². The molecule has 3 aromatic rings. The predicted molar refractivity (Wildman–Crippen MR) is 96.1 cm³/mol. The molecule has 0 radical (unpaired) electrons. The Labute approximate surface area is 138 Å². The molecular weight excluding hydrogens is 280 g/mol. The SMILES string of the molecule is Cc1ccccc1Cc1cccc(Cc2ccccc2C)c1O. The van der Waals surface area contributed by atoms with E-state index in [0.717, 1.165) is 24.0 Å². The standard InChI is InChI=1S/C22H22O/c1-16-8-3-5-10-18(16)14-20-12-7-13-21(22(20)23)15-19-11-6-4-9-17(19)2/h3-13,23H,14-15H2,1-2H3. The molecule has 0 aliphatic rings. The molecule has 1 heteroatoms. The van der Waals surface area contributed by atoms with Crippen LogP contribution in [-0.2, 0) is 12.8 Å². The molecular formula is C22H22O. The van der Waals surface area contributed by atoms with E-state index in [9.17, 15) is 5.11 Å². The highest BCUT2D eigenvalue weighted by molar-refractivity contribution is 5.46. The summed E-state index contributed by atoms with van der Waals surface area (Å²) >= 11 is 0. The van der Waals surface area contributed by atoms with Crippen molar-refractivity contribution >= 4 is 0 Å². The summed E-state index contributed by atoms with van der Waals surface area (Å²) in [5, 5.41) is 10.7. The average molecular weight is 302 g/mol. The van der Waals surface area contributed by atoms with Crippen molar-refractivity contribution in [3.8, 4) is 5.75 Å². The van der Waals surface area contributed by atoms with Gasteiger partial charge in [0.15, 0.2) is 0 Å². The minimum absolute atomic E-state index is 0.430. The molecule has 0 fully saturated rings. The Kier molecular flexibility index (Phi) is 4.47. The van der Waals surface area contributed by atoms with E-state index < -0.39 is 0 Å². The molecule has 0 saturated heterocycles. The minimum atomic E-state index is 0.430. The Bertz CT molecular complexity index is 752. The van der Waals surface area contributed by atoms with Crippen LogP contribution in [0.1, 0.15) is 33.4 Å². The van der Waals surface area contributed by atoms with Gasteiger partial charge in [0.25, 0.3) is 0 Å². The van der Waals surface area contributed by atoms with Gasteiger partial charge in [-0.15, -0.1) is 0 Å². The largest absolute Gasteiger partial charge is 0.507 e. The fourth-order valence-corrected chi connectivity index (χ4v) is 2.96. The number of hydrogen-bond acceptors (Lipinski definition) is 1. The van der Waals surface area contributed by atoms with Crippen molar-refractivity contribution in [3.63, 3.8) is 0 Å². The Morgan fingerprint density at radius 2 is 0.957 bits per heavy atom. The summed E-state index contributed by atoms with van der Waals surface area (Å²) in [6, 6.07) is 22.8. The number of aryl methyl sites for hydroxylation is 2. The lowest BCUT2D eigenvalue weighted by molar-refractivity contribution is 0.463. The molecule has 1 nitrogen and oxygen atoms in total. The van der Waals surface area contributed by atoms with E-state index in [-0.39, 0.29) is 0 Å². The molecule has 1 N–H and O–H groups in total. The summed E-state index contributed by atoms with van der Waals surface area (Å²) in [5.41, 5.74) is 7.02. The molecule has 3 aromatic carbocycles. The van der Waals surface area contributed by atoms with Crippen molar-refractivity contribution in [1.29, 1.82) is 0 Å². The Morgan fingerprint density at radius 3 is 1.39 bits per heavy atom. The highest BCUT2D eigenvalue weighted by Crippen LogP contribution is 2.28. The number of hydrogen-bond donors (Lipinski definition) is 1. The third-order valence-electron chi connectivity index (χ3n) is 4.49. The topological polar surface area (TPSA) is 20.2 Å². The summed E-state index contributed by atoms with van der Waals surface area (Å²) in [5.74, 6) is 0.430. The molecule has 0 heterocycles. The molecule has 116 valence electrons. The van der Waals surface area contributed by atoms with Gasteiger partial charge in [-0.3, -0.25) is 0 Å². The first kappa shape index (κ1) is 15.4. The van der Waals surface area contributed by atoms with Gasteiger partial charge in [0.2, 0.25) is 0 Å². The third-order valence-corrected chi connectivity index (χ3v) is 4.49. The van der Waals surface area contributed by atoms with Gasteiger partial charge in [-0.2, -0.15) is 0 Å². The molecule has 0 spiro atoms. The molecule has 0 saturated carbocycles. The monoisotopic (exact) mass is 302 g/mol. The van der Waals surface area contributed by atoms with E-state index in [2.05, 4.69) is 50.2 Å². The van der Waals surface area contributed by atoms with Crippen molar-refractivity contribution in [2.24, 2.45) is 0 Å². The summed E-state index contributed by atoms with van der Waals surface area (Å²) in [7, 11) is 0. The molecule has 0 unspecified atom stereocenters. The van der Waals surface area contributed by atoms with Gasteiger partial charge < -0.3 is 5.11 Å². The van der Waals surface area contributed by atoms with Gasteiger partial charge in [0, 0.05) is 12.8 Å². The zero-order valence-corrected chi connectivity index (χ0v) is 13.7. The normalized spacial score (nSPS) is 10.7. The third kappa shape index (κ3) is 3.45. The second-order valence-electron chi connectivity index (χ2n) is 6.13. The number of phenols is 1. The zero-order chi connectivity index (χ0) is 16.2.